The van der Waals surface area contributed by atoms with E-state index in [2.05, 4.69) is 15.6 Å². The van der Waals surface area contributed by atoms with Crippen LogP contribution < -0.4 is 10.6 Å². The minimum absolute atomic E-state index is 0.0462. The van der Waals surface area contributed by atoms with Crippen molar-refractivity contribution in [2.75, 3.05) is 17.2 Å². The van der Waals surface area contributed by atoms with Crippen LogP contribution in [0.25, 0.3) is 0 Å². The molecule has 6 nitrogen and oxygen atoms in total. The molecule has 0 bridgehead atoms. The maximum absolute atomic E-state index is 12.8. The molecule has 3 rings (SSSR count). The maximum atomic E-state index is 12.8. The molecule has 0 saturated carbocycles. The van der Waals surface area contributed by atoms with Gasteiger partial charge < -0.3 is 15.5 Å². The molecule has 0 saturated heterocycles. The minimum Gasteiger partial charge on any atom is -0.340 e. The van der Waals surface area contributed by atoms with Gasteiger partial charge in [0.05, 0.1) is 5.56 Å². The van der Waals surface area contributed by atoms with Crippen molar-refractivity contribution in [3.8, 4) is 0 Å². The first-order valence-electron chi connectivity index (χ1n) is 9.49. The zero-order chi connectivity index (χ0) is 20.6. The molecule has 148 valence electrons. The molecule has 6 heteroatoms. The summed E-state index contributed by atoms with van der Waals surface area (Å²) in [5, 5.41) is 5.91. The van der Waals surface area contributed by atoms with Gasteiger partial charge in [0.1, 0.15) is 5.82 Å². The van der Waals surface area contributed by atoms with Crippen LogP contribution in [0, 0.1) is 0 Å². The lowest BCUT2D eigenvalue weighted by Gasteiger charge is -2.21. The van der Waals surface area contributed by atoms with Crippen molar-refractivity contribution in [3.05, 3.63) is 84.1 Å². The number of pyridine rings is 1. The number of hydrogen-bond acceptors (Lipinski definition) is 4. The van der Waals surface area contributed by atoms with E-state index in [9.17, 15) is 9.59 Å². The third-order valence-electron chi connectivity index (χ3n) is 4.37. The first kappa shape index (κ1) is 20.1. The second-order valence-electron chi connectivity index (χ2n) is 6.62. The standard InChI is InChI=1S/C23H24N4O2/c1-3-27(16-18-7-5-4-6-8-18)23(29)19-9-14-22(24-15-19)26-21-12-10-20(11-13-21)25-17(2)28/h4-15H,3,16H2,1-2H3,(H,24,26)(H,25,28). The van der Waals surface area contributed by atoms with Crippen molar-refractivity contribution >= 4 is 29.0 Å². The molecule has 0 spiro atoms. The van der Waals surface area contributed by atoms with E-state index >= 15 is 0 Å². The molecule has 0 fully saturated rings. The van der Waals surface area contributed by atoms with Crippen LogP contribution in [0.5, 0.6) is 0 Å². The fourth-order valence-corrected chi connectivity index (χ4v) is 2.90. The number of nitrogens with zero attached hydrogens (tertiary/aromatic N) is 2. The van der Waals surface area contributed by atoms with Crippen LogP contribution in [0.2, 0.25) is 0 Å². The second-order valence-corrected chi connectivity index (χ2v) is 6.62. The van der Waals surface area contributed by atoms with Crippen molar-refractivity contribution in [1.29, 1.82) is 0 Å². The molecule has 2 amide bonds. The predicted octanol–water partition coefficient (Wildman–Crippen LogP) is 4.45. The van der Waals surface area contributed by atoms with Crippen LogP contribution in [0.15, 0.2) is 72.9 Å². The highest BCUT2D eigenvalue weighted by Gasteiger charge is 2.15. The Hall–Kier alpha value is -3.67. The largest absolute Gasteiger partial charge is 0.340 e. The number of carbonyl (C=O) groups excluding carboxylic acids is 2. The third-order valence-corrected chi connectivity index (χ3v) is 4.37. The third kappa shape index (κ3) is 5.65. The average Bonchev–Trinajstić information content (AvgIpc) is 2.74. The highest BCUT2D eigenvalue weighted by molar-refractivity contribution is 5.94. The van der Waals surface area contributed by atoms with Crippen molar-refractivity contribution in [3.63, 3.8) is 0 Å². The van der Waals surface area contributed by atoms with E-state index in [0.29, 0.717) is 24.5 Å². The molecule has 0 unspecified atom stereocenters. The van der Waals surface area contributed by atoms with Crippen LogP contribution >= 0.6 is 0 Å². The molecule has 0 aliphatic rings. The van der Waals surface area contributed by atoms with Gasteiger partial charge in [-0.25, -0.2) is 4.98 Å². The Labute approximate surface area is 170 Å². The van der Waals surface area contributed by atoms with E-state index in [-0.39, 0.29) is 11.8 Å². The highest BCUT2D eigenvalue weighted by atomic mass is 16.2. The van der Waals surface area contributed by atoms with Gasteiger partial charge in [-0.15, -0.1) is 0 Å². The summed E-state index contributed by atoms with van der Waals surface area (Å²) in [6, 6.07) is 20.8. The lowest BCUT2D eigenvalue weighted by atomic mass is 10.2. The first-order chi connectivity index (χ1) is 14.0. The summed E-state index contributed by atoms with van der Waals surface area (Å²) in [5.74, 6) is 0.482. The summed E-state index contributed by atoms with van der Waals surface area (Å²) in [7, 11) is 0. The topological polar surface area (TPSA) is 74.3 Å². The fraction of sp³-hybridized carbons (Fsp3) is 0.174. The van der Waals surface area contributed by atoms with Crippen LogP contribution in [0.1, 0.15) is 29.8 Å². The molecule has 0 atom stereocenters. The molecule has 2 N–H and O–H groups in total. The van der Waals surface area contributed by atoms with Gasteiger partial charge in [-0.2, -0.15) is 0 Å². The Balaban J connectivity index is 1.64. The average molecular weight is 388 g/mol. The minimum atomic E-state index is -0.110. The van der Waals surface area contributed by atoms with Crippen molar-refractivity contribution in [1.82, 2.24) is 9.88 Å². The van der Waals surface area contributed by atoms with Gasteiger partial charge in [-0.3, -0.25) is 9.59 Å². The van der Waals surface area contributed by atoms with Gasteiger partial charge in [0.25, 0.3) is 5.91 Å². The number of nitrogens with one attached hydrogen (secondary N) is 2. The Morgan fingerprint density at radius 3 is 2.21 bits per heavy atom. The Kier molecular flexibility index (Phi) is 6.58. The van der Waals surface area contributed by atoms with E-state index in [0.717, 1.165) is 16.9 Å². The Morgan fingerprint density at radius 2 is 1.62 bits per heavy atom. The highest BCUT2D eigenvalue weighted by Crippen LogP contribution is 2.18. The number of hydrogen-bond donors (Lipinski definition) is 2. The zero-order valence-electron chi connectivity index (χ0n) is 16.6. The second kappa shape index (κ2) is 9.50. The summed E-state index contributed by atoms with van der Waals surface area (Å²) < 4.78 is 0. The molecule has 29 heavy (non-hydrogen) atoms. The summed E-state index contributed by atoms with van der Waals surface area (Å²) in [6.07, 6.45) is 1.59. The zero-order valence-corrected chi connectivity index (χ0v) is 16.6. The number of benzene rings is 2. The van der Waals surface area contributed by atoms with Gasteiger partial charge in [0, 0.05) is 37.6 Å². The number of carbonyl (C=O) groups is 2. The van der Waals surface area contributed by atoms with Crippen LogP contribution in [-0.2, 0) is 11.3 Å². The summed E-state index contributed by atoms with van der Waals surface area (Å²) >= 11 is 0. The van der Waals surface area contributed by atoms with Crippen LogP contribution in [0.3, 0.4) is 0 Å². The number of aromatic nitrogens is 1. The molecule has 1 aromatic heterocycles. The molecule has 0 aliphatic carbocycles. The number of anilines is 3. The number of rotatable bonds is 7. The Bertz CT molecular complexity index is 954. The van der Waals surface area contributed by atoms with Gasteiger partial charge in [-0.05, 0) is 48.9 Å². The monoisotopic (exact) mass is 388 g/mol. The van der Waals surface area contributed by atoms with E-state index < -0.39 is 0 Å². The molecular weight excluding hydrogens is 364 g/mol. The molecule has 1 heterocycles. The summed E-state index contributed by atoms with van der Waals surface area (Å²) in [5.41, 5.74) is 3.21. The fourth-order valence-electron chi connectivity index (χ4n) is 2.90. The molecule has 0 aliphatic heterocycles. The first-order valence-corrected chi connectivity index (χ1v) is 9.49. The summed E-state index contributed by atoms with van der Waals surface area (Å²) in [4.78, 5) is 30.0. The number of amides is 2. The van der Waals surface area contributed by atoms with E-state index in [1.807, 2.05) is 61.5 Å². The summed E-state index contributed by atoms with van der Waals surface area (Å²) in [6.45, 7) is 4.62. The van der Waals surface area contributed by atoms with Crippen molar-refractivity contribution in [2.24, 2.45) is 0 Å². The van der Waals surface area contributed by atoms with Crippen LogP contribution in [-0.4, -0.2) is 28.2 Å². The lowest BCUT2D eigenvalue weighted by Crippen LogP contribution is -2.30. The molecular formula is C23H24N4O2. The van der Waals surface area contributed by atoms with Gasteiger partial charge in [0.2, 0.25) is 5.91 Å². The molecule has 0 radical (unpaired) electrons. The van der Waals surface area contributed by atoms with Crippen molar-refractivity contribution < 1.29 is 9.59 Å². The van der Waals surface area contributed by atoms with Crippen molar-refractivity contribution in [2.45, 2.75) is 20.4 Å². The predicted molar refractivity (Wildman–Crippen MR) is 115 cm³/mol. The molecule has 3 aromatic rings. The Morgan fingerprint density at radius 1 is 0.931 bits per heavy atom. The quantitative estimate of drug-likeness (QED) is 0.627. The van der Waals surface area contributed by atoms with Crippen LogP contribution in [0.4, 0.5) is 17.2 Å². The smallest absolute Gasteiger partial charge is 0.255 e. The molecule has 2 aromatic carbocycles. The maximum Gasteiger partial charge on any atom is 0.255 e. The van der Waals surface area contributed by atoms with E-state index in [4.69, 9.17) is 0 Å². The lowest BCUT2D eigenvalue weighted by molar-refractivity contribution is -0.114. The van der Waals surface area contributed by atoms with Gasteiger partial charge in [0.15, 0.2) is 0 Å². The van der Waals surface area contributed by atoms with Gasteiger partial charge in [-0.1, -0.05) is 30.3 Å². The SMILES string of the molecule is CCN(Cc1ccccc1)C(=O)c1ccc(Nc2ccc(NC(C)=O)cc2)nc1. The normalized spacial score (nSPS) is 10.3. The van der Waals surface area contributed by atoms with Gasteiger partial charge >= 0.3 is 0 Å². The van der Waals surface area contributed by atoms with E-state index in [1.54, 1.807) is 23.2 Å². The van der Waals surface area contributed by atoms with E-state index in [1.165, 1.54) is 6.92 Å².